The molecule has 1 heterocycles. The standard InChI is InChI=1S/C24H38N2O2S/c1-8-23(4,5)18-12-13-20(19(16-18)24(6,7)9-2)28-15-11-14-25-22-26(10-3)21(27)17-29-22/h12-13,16H,8-11,14-15,17H2,1-7H3. The maximum Gasteiger partial charge on any atom is 0.239 e. The monoisotopic (exact) mass is 418 g/mol. The number of aliphatic imine (C=N–C) groups is 1. The molecule has 1 fully saturated rings. The third-order valence-corrected chi connectivity index (χ3v) is 7.24. The average Bonchev–Trinajstić information content (AvgIpc) is 3.07. The van der Waals surface area contributed by atoms with Crippen LogP contribution >= 0.6 is 11.8 Å². The van der Waals surface area contributed by atoms with E-state index in [1.165, 1.54) is 22.9 Å². The Hall–Kier alpha value is -1.49. The molecule has 1 aliphatic heterocycles. The lowest BCUT2D eigenvalue weighted by molar-refractivity contribution is -0.123. The first-order valence-corrected chi connectivity index (χ1v) is 11.9. The predicted molar refractivity (Wildman–Crippen MR) is 125 cm³/mol. The number of hydrogen-bond donors (Lipinski definition) is 0. The zero-order valence-electron chi connectivity index (χ0n) is 19.3. The smallest absolute Gasteiger partial charge is 0.239 e. The lowest BCUT2D eigenvalue weighted by Gasteiger charge is -2.30. The van der Waals surface area contributed by atoms with E-state index in [0.717, 1.165) is 30.2 Å². The Kier molecular flexibility index (Phi) is 8.21. The average molecular weight is 419 g/mol. The summed E-state index contributed by atoms with van der Waals surface area (Å²) in [5.41, 5.74) is 2.89. The van der Waals surface area contributed by atoms with Gasteiger partial charge in [0.15, 0.2) is 5.17 Å². The van der Waals surface area contributed by atoms with Gasteiger partial charge in [0.05, 0.1) is 12.4 Å². The van der Waals surface area contributed by atoms with E-state index < -0.39 is 0 Å². The minimum atomic E-state index is 0.0673. The Balaban J connectivity index is 2.05. The van der Waals surface area contributed by atoms with Crippen LogP contribution in [0.5, 0.6) is 5.75 Å². The molecule has 0 bridgehead atoms. The summed E-state index contributed by atoms with van der Waals surface area (Å²) in [5, 5.41) is 0.858. The van der Waals surface area contributed by atoms with Crippen molar-refractivity contribution in [2.45, 2.75) is 78.6 Å². The van der Waals surface area contributed by atoms with E-state index in [0.29, 0.717) is 25.4 Å². The molecule has 0 radical (unpaired) electrons. The van der Waals surface area contributed by atoms with Gasteiger partial charge in [-0.05, 0) is 42.2 Å². The molecule has 29 heavy (non-hydrogen) atoms. The summed E-state index contributed by atoms with van der Waals surface area (Å²) < 4.78 is 6.21. The van der Waals surface area contributed by atoms with Crippen LogP contribution < -0.4 is 4.74 Å². The quantitative estimate of drug-likeness (QED) is 0.452. The van der Waals surface area contributed by atoms with Gasteiger partial charge in [-0.3, -0.25) is 14.7 Å². The first-order chi connectivity index (χ1) is 13.7. The third kappa shape index (κ3) is 5.78. The summed E-state index contributed by atoms with van der Waals surface area (Å²) in [5.74, 6) is 1.66. The van der Waals surface area contributed by atoms with Gasteiger partial charge >= 0.3 is 0 Å². The van der Waals surface area contributed by atoms with Crippen molar-refractivity contribution in [1.29, 1.82) is 0 Å². The SMILES string of the molecule is CCN1C(=O)CSC1=NCCCOc1ccc(C(C)(C)CC)cc1C(C)(C)CC. The Labute approximate surface area is 181 Å². The van der Waals surface area contributed by atoms with Crippen LogP contribution in [0, 0.1) is 0 Å². The van der Waals surface area contributed by atoms with Crippen LogP contribution in [-0.2, 0) is 15.6 Å². The molecule has 0 saturated carbocycles. The molecule has 1 aliphatic rings. The highest BCUT2D eigenvalue weighted by atomic mass is 32.2. The van der Waals surface area contributed by atoms with Crippen LogP contribution in [-0.4, -0.2) is 41.4 Å². The van der Waals surface area contributed by atoms with Gasteiger partial charge in [-0.15, -0.1) is 0 Å². The number of ether oxygens (including phenoxy) is 1. The fourth-order valence-electron chi connectivity index (χ4n) is 3.25. The highest BCUT2D eigenvalue weighted by molar-refractivity contribution is 8.15. The summed E-state index contributed by atoms with van der Waals surface area (Å²) in [7, 11) is 0. The number of hydrogen-bond acceptors (Lipinski definition) is 4. The number of thioether (sulfide) groups is 1. The number of rotatable bonds is 10. The molecule has 0 N–H and O–H groups in total. The van der Waals surface area contributed by atoms with E-state index in [4.69, 9.17) is 4.74 Å². The van der Waals surface area contributed by atoms with E-state index >= 15 is 0 Å². The molecular weight excluding hydrogens is 380 g/mol. The molecule has 1 amide bonds. The minimum Gasteiger partial charge on any atom is -0.493 e. The van der Waals surface area contributed by atoms with Crippen LogP contribution in [0.4, 0.5) is 0 Å². The largest absolute Gasteiger partial charge is 0.493 e. The zero-order chi connectivity index (χ0) is 21.7. The van der Waals surface area contributed by atoms with Gasteiger partial charge in [-0.2, -0.15) is 0 Å². The molecule has 0 aliphatic carbocycles. The van der Waals surface area contributed by atoms with Gasteiger partial charge in [0.1, 0.15) is 5.75 Å². The Morgan fingerprint density at radius 3 is 2.41 bits per heavy atom. The molecule has 0 spiro atoms. The van der Waals surface area contributed by atoms with E-state index in [9.17, 15) is 4.79 Å². The first-order valence-electron chi connectivity index (χ1n) is 10.9. The summed E-state index contributed by atoms with van der Waals surface area (Å²) in [6.07, 6.45) is 3.00. The van der Waals surface area contributed by atoms with Crippen LogP contribution in [0.1, 0.15) is 78.9 Å². The van der Waals surface area contributed by atoms with E-state index in [1.807, 2.05) is 6.92 Å². The number of amidine groups is 1. The van der Waals surface area contributed by atoms with E-state index in [1.54, 1.807) is 4.90 Å². The number of carbonyl (C=O) groups excluding carboxylic acids is 1. The molecule has 2 rings (SSSR count). The summed E-state index contributed by atoms with van der Waals surface area (Å²) in [6, 6.07) is 6.71. The van der Waals surface area contributed by atoms with Crippen molar-refractivity contribution in [2.24, 2.45) is 4.99 Å². The molecule has 162 valence electrons. The Bertz CT molecular complexity index is 740. The van der Waals surface area contributed by atoms with Crippen molar-refractivity contribution in [3.8, 4) is 5.75 Å². The van der Waals surface area contributed by atoms with Crippen molar-refractivity contribution in [1.82, 2.24) is 4.90 Å². The number of amides is 1. The van der Waals surface area contributed by atoms with Gasteiger partial charge in [0, 0.05) is 25.1 Å². The predicted octanol–water partition coefficient (Wildman–Crippen LogP) is 5.78. The highest BCUT2D eigenvalue weighted by Gasteiger charge is 2.27. The van der Waals surface area contributed by atoms with Crippen LogP contribution in [0.15, 0.2) is 23.2 Å². The molecular formula is C24H38N2O2S. The maximum atomic E-state index is 11.8. The van der Waals surface area contributed by atoms with Gasteiger partial charge in [0.2, 0.25) is 5.91 Å². The van der Waals surface area contributed by atoms with Crippen LogP contribution in [0.3, 0.4) is 0 Å². The van der Waals surface area contributed by atoms with E-state index in [-0.39, 0.29) is 16.7 Å². The summed E-state index contributed by atoms with van der Waals surface area (Å²) in [6.45, 7) is 17.6. The second-order valence-corrected chi connectivity index (χ2v) is 9.92. The van der Waals surface area contributed by atoms with Crippen molar-refractivity contribution in [3.63, 3.8) is 0 Å². The van der Waals surface area contributed by atoms with Crippen molar-refractivity contribution >= 4 is 22.8 Å². The van der Waals surface area contributed by atoms with Gasteiger partial charge in [0.25, 0.3) is 0 Å². The lowest BCUT2D eigenvalue weighted by Crippen LogP contribution is -2.29. The van der Waals surface area contributed by atoms with Crippen molar-refractivity contribution in [3.05, 3.63) is 29.3 Å². The fraction of sp³-hybridized carbons (Fsp3) is 0.667. The summed E-state index contributed by atoms with van der Waals surface area (Å²) >= 11 is 1.54. The molecule has 0 aromatic heterocycles. The first kappa shape index (κ1) is 23.8. The van der Waals surface area contributed by atoms with Crippen LogP contribution in [0.25, 0.3) is 0 Å². The summed E-state index contributed by atoms with van der Waals surface area (Å²) in [4.78, 5) is 18.1. The molecule has 4 nitrogen and oxygen atoms in total. The Morgan fingerprint density at radius 1 is 1.10 bits per heavy atom. The number of nitrogens with zero attached hydrogens (tertiary/aromatic N) is 2. The van der Waals surface area contributed by atoms with Gasteiger partial charge < -0.3 is 4.74 Å². The van der Waals surface area contributed by atoms with Crippen molar-refractivity contribution < 1.29 is 9.53 Å². The zero-order valence-corrected chi connectivity index (χ0v) is 20.1. The normalized spacial score (nSPS) is 16.7. The Morgan fingerprint density at radius 2 is 1.79 bits per heavy atom. The minimum absolute atomic E-state index is 0.0673. The molecule has 1 aromatic carbocycles. The second-order valence-electron chi connectivity index (χ2n) is 8.98. The molecule has 0 atom stereocenters. The molecule has 0 unspecified atom stereocenters. The number of carbonyl (C=O) groups is 1. The number of benzene rings is 1. The maximum absolute atomic E-state index is 11.8. The second kappa shape index (κ2) is 10.0. The third-order valence-electron chi connectivity index (χ3n) is 6.24. The molecule has 5 heteroatoms. The highest BCUT2D eigenvalue weighted by Crippen LogP contribution is 2.38. The van der Waals surface area contributed by atoms with E-state index in [2.05, 4.69) is 64.7 Å². The molecule has 1 aromatic rings. The fourth-order valence-corrected chi connectivity index (χ4v) is 4.23. The molecule has 1 saturated heterocycles. The lowest BCUT2D eigenvalue weighted by atomic mass is 9.76. The topological polar surface area (TPSA) is 41.9 Å². The van der Waals surface area contributed by atoms with Gasteiger partial charge in [-0.1, -0.05) is 65.4 Å². The van der Waals surface area contributed by atoms with Gasteiger partial charge in [-0.25, -0.2) is 0 Å². The van der Waals surface area contributed by atoms with Crippen molar-refractivity contribution in [2.75, 3.05) is 25.4 Å². The van der Waals surface area contributed by atoms with Crippen LogP contribution in [0.2, 0.25) is 0 Å².